The summed E-state index contributed by atoms with van der Waals surface area (Å²) in [6.45, 7) is 1.00. The second kappa shape index (κ2) is 5.45. The van der Waals surface area contributed by atoms with E-state index >= 15 is 0 Å². The summed E-state index contributed by atoms with van der Waals surface area (Å²) in [6.07, 6.45) is 1.01. The van der Waals surface area contributed by atoms with E-state index in [1.807, 2.05) is 0 Å². The van der Waals surface area contributed by atoms with Gasteiger partial charge >= 0.3 is 0 Å². The molecule has 0 saturated carbocycles. The van der Waals surface area contributed by atoms with Crippen LogP contribution in [0.5, 0.6) is 0 Å². The molecule has 0 aliphatic carbocycles. The van der Waals surface area contributed by atoms with Crippen molar-refractivity contribution in [2.45, 2.75) is 18.4 Å². The van der Waals surface area contributed by atoms with E-state index in [0.29, 0.717) is 41.8 Å². The Kier molecular flexibility index (Phi) is 4.12. The van der Waals surface area contributed by atoms with Crippen molar-refractivity contribution >= 4 is 34.8 Å². The van der Waals surface area contributed by atoms with Gasteiger partial charge in [-0.15, -0.1) is 0 Å². The van der Waals surface area contributed by atoms with Crippen LogP contribution in [-0.4, -0.2) is 24.7 Å². The predicted molar refractivity (Wildman–Crippen MR) is 72.1 cm³/mol. The molecular weight excluding hydrogens is 275 g/mol. The number of ether oxygens (including phenoxy) is 1. The summed E-state index contributed by atoms with van der Waals surface area (Å²) >= 11 is 11.7. The molecule has 4 nitrogen and oxygen atoms in total. The number of rotatable bonds is 2. The standard InChI is InChI=1S/C12H14Cl2N2O2/c13-8-5-9(14)7-10(6-8)16-11(17)12(15)1-3-18-4-2-12/h5-7H,1-4,15H2,(H,16,17). The molecule has 0 spiro atoms. The Morgan fingerprint density at radius 3 is 2.33 bits per heavy atom. The van der Waals surface area contributed by atoms with Gasteiger partial charge in [-0.1, -0.05) is 23.2 Å². The predicted octanol–water partition coefficient (Wildman–Crippen LogP) is 2.44. The van der Waals surface area contributed by atoms with Crippen LogP contribution in [0.1, 0.15) is 12.8 Å². The van der Waals surface area contributed by atoms with Gasteiger partial charge in [-0.2, -0.15) is 0 Å². The van der Waals surface area contributed by atoms with Gasteiger partial charge in [0.15, 0.2) is 0 Å². The summed E-state index contributed by atoms with van der Waals surface area (Å²) in [4.78, 5) is 12.1. The number of carbonyl (C=O) groups is 1. The largest absolute Gasteiger partial charge is 0.381 e. The molecule has 0 bridgehead atoms. The number of nitrogens with two attached hydrogens (primary N) is 1. The zero-order chi connectivity index (χ0) is 13.2. The van der Waals surface area contributed by atoms with Gasteiger partial charge in [0.2, 0.25) is 5.91 Å². The second-order valence-corrected chi connectivity index (χ2v) is 5.25. The van der Waals surface area contributed by atoms with Gasteiger partial charge in [0.25, 0.3) is 0 Å². The third kappa shape index (κ3) is 3.14. The zero-order valence-corrected chi connectivity index (χ0v) is 11.2. The first-order valence-corrected chi connectivity index (χ1v) is 6.39. The van der Waals surface area contributed by atoms with E-state index < -0.39 is 5.54 Å². The number of hydrogen-bond donors (Lipinski definition) is 2. The molecule has 1 amide bonds. The van der Waals surface area contributed by atoms with Crippen LogP contribution in [0.4, 0.5) is 5.69 Å². The normalized spacial score (nSPS) is 18.4. The SMILES string of the molecule is NC1(C(=O)Nc2cc(Cl)cc(Cl)c2)CCOCC1. The Labute approximate surface area is 115 Å². The Morgan fingerprint density at radius 2 is 1.78 bits per heavy atom. The van der Waals surface area contributed by atoms with Gasteiger partial charge in [-0.25, -0.2) is 0 Å². The van der Waals surface area contributed by atoms with E-state index in [0.717, 1.165) is 0 Å². The number of carbonyl (C=O) groups excluding carboxylic acids is 1. The number of benzene rings is 1. The summed E-state index contributed by atoms with van der Waals surface area (Å²) in [6, 6.07) is 4.87. The number of amides is 1. The van der Waals surface area contributed by atoms with Gasteiger partial charge in [0.05, 0.1) is 0 Å². The second-order valence-electron chi connectivity index (χ2n) is 4.38. The average molecular weight is 289 g/mol. The van der Waals surface area contributed by atoms with Crippen molar-refractivity contribution in [3.63, 3.8) is 0 Å². The van der Waals surface area contributed by atoms with Gasteiger partial charge < -0.3 is 15.8 Å². The van der Waals surface area contributed by atoms with E-state index in [-0.39, 0.29) is 5.91 Å². The van der Waals surface area contributed by atoms with Crippen molar-refractivity contribution < 1.29 is 9.53 Å². The van der Waals surface area contributed by atoms with Gasteiger partial charge in [-0.3, -0.25) is 4.79 Å². The number of halogens is 2. The summed E-state index contributed by atoms with van der Waals surface area (Å²) < 4.78 is 5.20. The lowest BCUT2D eigenvalue weighted by Gasteiger charge is -2.31. The lowest BCUT2D eigenvalue weighted by Crippen LogP contribution is -2.54. The molecule has 18 heavy (non-hydrogen) atoms. The molecule has 0 radical (unpaired) electrons. The Hall–Kier alpha value is -0.810. The quantitative estimate of drug-likeness (QED) is 0.879. The Bertz CT molecular complexity index is 439. The highest BCUT2D eigenvalue weighted by Gasteiger charge is 2.35. The summed E-state index contributed by atoms with van der Waals surface area (Å²) in [5, 5.41) is 3.68. The molecule has 0 aromatic heterocycles. The fraction of sp³-hybridized carbons (Fsp3) is 0.417. The van der Waals surface area contributed by atoms with Crippen LogP contribution in [0.3, 0.4) is 0 Å². The van der Waals surface area contributed by atoms with Gasteiger partial charge in [0.1, 0.15) is 5.54 Å². The molecular formula is C12H14Cl2N2O2. The Morgan fingerprint density at radius 1 is 1.22 bits per heavy atom. The maximum absolute atomic E-state index is 12.1. The minimum Gasteiger partial charge on any atom is -0.381 e. The minimum atomic E-state index is -0.882. The third-order valence-corrected chi connectivity index (χ3v) is 3.39. The van der Waals surface area contributed by atoms with Gasteiger partial charge in [-0.05, 0) is 31.0 Å². The lowest BCUT2D eigenvalue weighted by molar-refractivity contribution is -0.124. The molecule has 1 heterocycles. The van der Waals surface area contributed by atoms with Crippen molar-refractivity contribution in [1.29, 1.82) is 0 Å². The minimum absolute atomic E-state index is 0.232. The van der Waals surface area contributed by atoms with Crippen molar-refractivity contribution in [3.8, 4) is 0 Å². The molecule has 0 atom stereocenters. The van der Waals surface area contributed by atoms with Gasteiger partial charge in [0, 0.05) is 28.9 Å². The van der Waals surface area contributed by atoms with Crippen molar-refractivity contribution in [2.24, 2.45) is 5.73 Å². The molecule has 1 aliphatic heterocycles. The molecule has 1 saturated heterocycles. The first-order valence-electron chi connectivity index (χ1n) is 5.64. The van der Waals surface area contributed by atoms with Crippen molar-refractivity contribution in [3.05, 3.63) is 28.2 Å². The third-order valence-electron chi connectivity index (χ3n) is 2.96. The maximum Gasteiger partial charge on any atom is 0.244 e. The molecule has 1 aromatic rings. The molecule has 1 aromatic carbocycles. The fourth-order valence-corrected chi connectivity index (χ4v) is 2.37. The van der Waals surface area contributed by atoms with Crippen LogP contribution in [0.2, 0.25) is 10.0 Å². The van der Waals surface area contributed by atoms with E-state index in [1.54, 1.807) is 18.2 Å². The molecule has 1 fully saturated rings. The fourth-order valence-electron chi connectivity index (χ4n) is 1.84. The van der Waals surface area contributed by atoms with Crippen LogP contribution in [0.15, 0.2) is 18.2 Å². The van der Waals surface area contributed by atoms with Crippen molar-refractivity contribution in [2.75, 3.05) is 18.5 Å². The molecule has 3 N–H and O–H groups in total. The molecule has 2 rings (SSSR count). The number of hydrogen-bond acceptors (Lipinski definition) is 3. The zero-order valence-electron chi connectivity index (χ0n) is 9.71. The Balaban J connectivity index is 2.10. The van der Waals surface area contributed by atoms with Crippen LogP contribution in [0.25, 0.3) is 0 Å². The first kappa shape index (κ1) is 13.6. The lowest BCUT2D eigenvalue weighted by atomic mass is 9.90. The summed E-state index contributed by atoms with van der Waals surface area (Å²) in [5.41, 5.74) is 5.74. The molecule has 6 heteroatoms. The molecule has 98 valence electrons. The van der Waals surface area contributed by atoms with E-state index in [2.05, 4.69) is 5.32 Å². The van der Waals surface area contributed by atoms with Crippen LogP contribution in [0, 0.1) is 0 Å². The van der Waals surface area contributed by atoms with E-state index in [9.17, 15) is 4.79 Å². The van der Waals surface area contributed by atoms with E-state index in [1.165, 1.54) is 0 Å². The van der Waals surface area contributed by atoms with Crippen molar-refractivity contribution in [1.82, 2.24) is 0 Å². The van der Waals surface area contributed by atoms with Crippen LogP contribution < -0.4 is 11.1 Å². The highest BCUT2D eigenvalue weighted by atomic mass is 35.5. The first-order chi connectivity index (χ1) is 8.49. The summed E-state index contributed by atoms with van der Waals surface area (Å²) in [5.74, 6) is -0.232. The highest BCUT2D eigenvalue weighted by molar-refractivity contribution is 6.35. The van der Waals surface area contributed by atoms with E-state index in [4.69, 9.17) is 33.7 Å². The number of nitrogens with one attached hydrogen (secondary N) is 1. The smallest absolute Gasteiger partial charge is 0.244 e. The summed E-state index contributed by atoms with van der Waals surface area (Å²) in [7, 11) is 0. The molecule has 0 unspecified atom stereocenters. The number of anilines is 1. The maximum atomic E-state index is 12.1. The highest BCUT2D eigenvalue weighted by Crippen LogP contribution is 2.25. The monoisotopic (exact) mass is 288 g/mol. The molecule has 1 aliphatic rings. The topological polar surface area (TPSA) is 64.4 Å². The van der Waals surface area contributed by atoms with Crippen LogP contribution >= 0.6 is 23.2 Å². The average Bonchev–Trinajstić information content (AvgIpc) is 2.28. The van der Waals surface area contributed by atoms with Crippen LogP contribution in [-0.2, 0) is 9.53 Å².